The number of aryl methyl sites for hydroxylation is 3. The summed E-state index contributed by atoms with van der Waals surface area (Å²) in [6, 6.07) is 8.07. The van der Waals surface area contributed by atoms with Crippen LogP contribution in [0, 0.1) is 13.8 Å². The van der Waals surface area contributed by atoms with E-state index >= 15 is 0 Å². The Hall–Kier alpha value is -2.47. The van der Waals surface area contributed by atoms with Crippen LogP contribution in [0.25, 0.3) is 21.3 Å². The van der Waals surface area contributed by atoms with Gasteiger partial charge >= 0.3 is 5.97 Å². The predicted octanol–water partition coefficient (Wildman–Crippen LogP) is 3.78. The molecule has 5 nitrogen and oxygen atoms in total. The molecule has 0 saturated heterocycles. The standard InChI is InChI=1S/C19H20N2O3S/c1-4-14-20-18-17(19(24)21(14)10-9-15(22)23)16(12(3)25-18)13-7-5-11(2)6-8-13/h5-8H,4,9-10H2,1-3H3,(H,22,23). The summed E-state index contributed by atoms with van der Waals surface area (Å²) in [6.45, 7) is 6.08. The molecule has 0 unspecified atom stereocenters. The molecule has 0 aliphatic heterocycles. The van der Waals surface area contributed by atoms with E-state index in [1.165, 1.54) is 15.9 Å². The Labute approximate surface area is 149 Å². The molecule has 25 heavy (non-hydrogen) atoms. The fourth-order valence-corrected chi connectivity index (χ4v) is 4.07. The average Bonchev–Trinajstić information content (AvgIpc) is 2.90. The Morgan fingerprint density at radius 1 is 1.24 bits per heavy atom. The van der Waals surface area contributed by atoms with Gasteiger partial charge in [0.2, 0.25) is 0 Å². The summed E-state index contributed by atoms with van der Waals surface area (Å²) >= 11 is 1.51. The van der Waals surface area contributed by atoms with Gasteiger partial charge in [0, 0.05) is 23.4 Å². The van der Waals surface area contributed by atoms with Gasteiger partial charge in [-0.15, -0.1) is 11.3 Å². The predicted molar refractivity (Wildman–Crippen MR) is 100 cm³/mol. The van der Waals surface area contributed by atoms with Crippen molar-refractivity contribution in [1.29, 1.82) is 0 Å². The number of fused-ring (bicyclic) bond motifs is 1. The van der Waals surface area contributed by atoms with E-state index in [1.54, 1.807) is 0 Å². The lowest BCUT2D eigenvalue weighted by molar-refractivity contribution is -0.137. The van der Waals surface area contributed by atoms with E-state index in [1.807, 2.05) is 45.0 Å². The molecule has 0 spiro atoms. The molecule has 3 aromatic rings. The number of carbonyl (C=O) groups is 1. The largest absolute Gasteiger partial charge is 0.481 e. The molecular formula is C19H20N2O3S. The summed E-state index contributed by atoms with van der Waals surface area (Å²) in [7, 11) is 0. The highest BCUT2D eigenvalue weighted by Gasteiger charge is 2.19. The van der Waals surface area contributed by atoms with E-state index in [9.17, 15) is 9.59 Å². The Balaban J connectivity index is 2.27. The van der Waals surface area contributed by atoms with Crippen molar-refractivity contribution < 1.29 is 9.90 Å². The summed E-state index contributed by atoms with van der Waals surface area (Å²) in [4.78, 5) is 30.5. The number of hydrogen-bond acceptors (Lipinski definition) is 4. The normalized spacial score (nSPS) is 11.2. The minimum atomic E-state index is -0.922. The topological polar surface area (TPSA) is 72.2 Å². The highest BCUT2D eigenvalue weighted by molar-refractivity contribution is 7.19. The maximum absolute atomic E-state index is 13.1. The Kier molecular flexibility index (Phi) is 4.72. The number of aliphatic carboxylic acids is 1. The van der Waals surface area contributed by atoms with Crippen LogP contribution in [0.2, 0.25) is 0 Å². The first-order valence-corrected chi connectivity index (χ1v) is 9.05. The van der Waals surface area contributed by atoms with Crippen LogP contribution in [-0.2, 0) is 17.8 Å². The minimum Gasteiger partial charge on any atom is -0.481 e. The molecule has 0 fully saturated rings. The van der Waals surface area contributed by atoms with Gasteiger partial charge in [-0.2, -0.15) is 0 Å². The van der Waals surface area contributed by atoms with Crippen LogP contribution in [0.1, 0.15) is 29.6 Å². The van der Waals surface area contributed by atoms with Gasteiger partial charge in [0.25, 0.3) is 5.56 Å². The summed E-state index contributed by atoms with van der Waals surface area (Å²) < 4.78 is 1.51. The van der Waals surface area contributed by atoms with Crippen LogP contribution in [0.3, 0.4) is 0 Å². The molecule has 0 bridgehead atoms. The summed E-state index contributed by atoms with van der Waals surface area (Å²) in [5, 5.41) is 9.56. The zero-order valence-electron chi connectivity index (χ0n) is 14.5. The minimum absolute atomic E-state index is 0.0942. The maximum atomic E-state index is 13.1. The third kappa shape index (κ3) is 3.22. The summed E-state index contributed by atoms with van der Waals surface area (Å²) in [5.41, 5.74) is 2.90. The zero-order valence-corrected chi connectivity index (χ0v) is 15.3. The van der Waals surface area contributed by atoms with Crippen molar-refractivity contribution in [1.82, 2.24) is 9.55 Å². The maximum Gasteiger partial charge on any atom is 0.305 e. The number of hydrogen-bond donors (Lipinski definition) is 1. The smallest absolute Gasteiger partial charge is 0.305 e. The Morgan fingerprint density at radius 3 is 2.52 bits per heavy atom. The summed E-state index contributed by atoms with van der Waals surface area (Å²) in [5.74, 6) is -0.287. The molecule has 0 saturated carbocycles. The van der Waals surface area contributed by atoms with Gasteiger partial charge in [-0.05, 0) is 19.4 Å². The molecule has 0 aliphatic rings. The van der Waals surface area contributed by atoms with Crippen molar-refractivity contribution in [3.8, 4) is 11.1 Å². The quantitative estimate of drug-likeness (QED) is 0.755. The number of carboxylic acids is 1. The first-order chi connectivity index (χ1) is 11.9. The van der Waals surface area contributed by atoms with Crippen LogP contribution in [0.5, 0.6) is 0 Å². The van der Waals surface area contributed by atoms with Crippen molar-refractivity contribution in [2.24, 2.45) is 0 Å². The van der Waals surface area contributed by atoms with Gasteiger partial charge in [0.15, 0.2) is 0 Å². The first kappa shape index (κ1) is 17.4. The van der Waals surface area contributed by atoms with E-state index in [0.717, 1.165) is 26.4 Å². The fourth-order valence-electron chi connectivity index (χ4n) is 3.01. The molecule has 130 valence electrons. The molecule has 3 rings (SSSR count). The molecule has 2 heterocycles. The molecule has 1 aromatic carbocycles. The van der Waals surface area contributed by atoms with Crippen LogP contribution >= 0.6 is 11.3 Å². The molecule has 6 heteroatoms. The van der Waals surface area contributed by atoms with Crippen LogP contribution in [0.15, 0.2) is 29.1 Å². The van der Waals surface area contributed by atoms with E-state index in [-0.39, 0.29) is 18.5 Å². The number of thiophene rings is 1. The van der Waals surface area contributed by atoms with E-state index in [0.29, 0.717) is 17.6 Å². The zero-order chi connectivity index (χ0) is 18.1. The highest BCUT2D eigenvalue weighted by atomic mass is 32.1. The van der Waals surface area contributed by atoms with Crippen LogP contribution < -0.4 is 5.56 Å². The van der Waals surface area contributed by atoms with Crippen LogP contribution in [0.4, 0.5) is 0 Å². The van der Waals surface area contributed by atoms with Gasteiger partial charge < -0.3 is 5.11 Å². The molecule has 0 amide bonds. The average molecular weight is 356 g/mol. The molecule has 1 N–H and O–H groups in total. The molecule has 0 radical (unpaired) electrons. The van der Waals surface area contributed by atoms with Gasteiger partial charge in [0.05, 0.1) is 11.8 Å². The third-order valence-corrected chi connectivity index (χ3v) is 5.27. The fraction of sp³-hybridized carbons (Fsp3) is 0.316. The number of benzene rings is 1. The van der Waals surface area contributed by atoms with Crippen molar-refractivity contribution in [2.75, 3.05) is 0 Å². The summed E-state index contributed by atoms with van der Waals surface area (Å²) in [6.07, 6.45) is 0.491. The number of aromatic nitrogens is 2. The second-order valence-corrected chi connectivity index (χ2v) is 7.26. The number of nitrogens with zero attached hydrogens (tertiary/aromatic N) is 2. The van der Waals surface area contributed by atoms with E-state index in [2.05, 4.69) is 4.98 Å². The van der Waals surface area contributed by atoms with Crippen molar-refractivity contribution in [2.45, 2.75) is 40.2 Å². The van der Waals surface area contributed by atoms with Crippen molar-refractivity contribution in [3.63, 3.8) is 0 Å². The highest BCUT2D eigenvalue weighted by Crippen LogP contribution is 2.35. The first-order valence-electron chi connectivity index (χ1n) is 8.24. The van der Waals surface area contributed by atoms with E-state index < -0.39 is 5.97 Å². The lowest BCUT2D eigenvalue weighted by atomic mass is 10.0. The second-order valence-electron chi connectivity index (χ2n) is 6.06. The monoisotopic (exact) mass is 356 g/mol. The SMILES string of the molecule is CCc1nc2sc(C)c(-c3ccc(C)cc3)c2c(=O)n1CCC(=O)O. The lowest BCUT2D eigenvalue weighted by Gasteiger charge is -2.10. The van der Waals surface area contributed by atoms with Crippen LogP contribution in [-0.4, -0.2) is 20.6 Å². The van der Waals surface area contributed by atoms with Crippen molar-refractivity contribution in [3.05, 3.63) is 50.9 Å². The second kappa shape index (κ2) is 6.80. The Morgan fingerprint density at radius 2 is 1.92 bits per heavy atom. The van der Waals surface area contributed by atoms with Gasteiger partial charge in [-0.1, -0.05) is 36.8 Å². The molecule has 0 aliphatic carbocycles. The molecule has 0 atom stereocenters. The lowest BCUT2D eigenvalue weighted by Crippen LogP contribution is -2.26. The van der Waals surface area contributed by atoms with Gasteiger partial charge in [0.1, 0.15) is 10.7 Å². The van der Waals surface area contributed by atoms with Gasteiger partial charge in [-0.25, -0.2) is 4.98 Å². The number of rotatable bonds is 5. The molecular weight excluding hydrogens is 336 g/mol. The van der Waals surface area contributed by atoms with E-state index in [4.69, 9.17) is 5.11 Å². The number of carboxylic acid groups (broad SMARTS) is 1. The third-order valence-electron chi connectivity index (χ3n) is 4.27. The van der Waals surface area contributed by atoms with Crippen molar-refractivity contribution >= 4 is 27.5 Å². The van der Waals surface area contributed by atoms with Gasteiger partial charge in [-0.3, -0.25) is 14.2 Å². The Bertz CT molecular complexity index is 1000. The molecule has 2 aromatic heterocycles.